The highest BCUT2D eigenvalue weighted by Gasteiger charge is 2.74. The van der Waals surface area contributed by atoms with Crippen LogP contribution < -0.4 is 15.0 Å². The largest absolute Gasteiger partial charge is 0.490 e. The number of ether oxygens (including phenoxy) is 1. The third-order valence-corrected chi connectivity index (χ3v) is 8.71. The monoisotopic (exact) mass is 510 g/mol. The van der Waals surface area contributed by atoms with Gasteiger partial charge < -0.3 is 10.1 Å². The van der Waals surface area contributed by atoms with Gasteiger partial charge >= 0.3 is 5.69 Å². The van der Waals surface area contributed by atoms with Crippen LogP contribution in [0.3, 0.4) is 0 Å². The number of carbonyl (C=O) groups is 3. The van der Waals surface area contributed by atoms with Crippen LogP contribution in [0.5, 0.6) is 5.75 Å². The summed E-state index contributed by atoms with van der Waals surface area (Å²) >= 11 is 6.34. The Hall–Kier alpha value is -3.50. The molecule has 3 amide bonds. The first-order chi connectivity index (χ1) is 17.1. The molecule has 3 saturated heterocycles. The minimum Gasteiger partial charge on any atom is -0.490 e. The summed E-state index contributed by atoms with van der Waals surface area (Å²) in [6, 6.07) is 5.88. The quantitative estimate of drug-likeness (QED) is 0.382. The number of nitrogens with zero attached hydrogens (tertiary/aromatic N) is 3. The van der Waals surface area contributed by atoms with Crippen LogP contribution in [0.1, 0.15) is 29.5 Å². The van der Waals surface area contributed by atoms with Crippen molar-refractivity contribution >= 4 is 46.4 Å². The van der Waals surface area contributed by atoms with Gasteiger partial charge in [0.05, 0.1) is 35.2 Å². The third-order valence-electron chi connectivity index (χ3n) is 8.30. The predicted octanol–water partition coefficient (Wildman–Crippen LogP) is 3.30. The molecule has 4 heterocycles. The van der Waals surface area contributed by atoms with Crippen LogP contribution in [0.25, 0.3) is 0 Å². The van der Waals surface area contributed by atoms with Crippen molar-refractivity contribution in [1.29, 1.82) is 0 Å². The third kappa shape index (κ3) is 2.58. The highest BCUT2D eigenvalue weighted by Crippen LogP contribution is 2.61. The molecule has 0 aliphatic carbocycles. The first-order valence-electron chi connectivity index (χ1n) is 11.7. The second kappa shape index (κ2) is 7.50. The topological polar surface area (TPSA) is 122 Å². The Kier molecular flexibility index (Phi) is 4.78. The molecule has 4 atom stereocenters. The van der Waals surface area contributed by atoms with Crippen LogP contribution in [0, 0.1) is 35.8 Å². The minimum atomic E-state index is -1.32. The van der Waals surface area contributed by atoms with E-state index < -0.39 is 34.1 Å². The number of halogens is 1. The van der Waals surface area contributed by atoms with Crippen molar-refractivity contribution in [2.24, 2.45) is 11.8 Å². The summed E-state index contributed by atoms with van der Waals surface area (Å²) in [5.41, 5.74) is 1.00. The number of fused-ring (bicyclic) bond motifs is 7. The normalized spacial score (nSPS) is 28.5. The van der Waals surface area contributed by atoms with Crippen molar-refractivity contribution in [1.82, 2.24) is 4.90 Å². The summed E-state index contributed by atoms with van der Waals surface area (Å²) < 4.78 is 5.20. The Morgan fingerprint density at radius 3 is 2.64 bits per heavy atom. The van der Waals surface area contributed by atoms with Gasteiger partial charge in [-0.1, -0.05) is 17.7 Å². The van der Waals surface area contributed by atoms with Crippen molar-refractivity contribution < 1.29 is 24.0 Å². The van der Waals surface area contributed by atoms with Crippen molar-refractivity contribution in [3.05, 3.63) is 56.1 Å². The number of methoxy groups -OCH3 is 1. The van der Waals surface area contributed by atoms with Crippen molar-refractivity contribution in [3.8, 4) is 5.75 Å². The minimum absolute atomic E-state index is 0.0512. The van der Waals surface area contributed by atoms with Crippen LogP contribution >= 0.6 is 11.6 Å². The molecule has 1 spiro atoms. The predicted molar refractivity (Wildman–Crippen MR) is 130 cm³/mol. The van der Waals surface area contributed by atoms with E-state index in [1.54, 1.807) is 19.1 Å². The maximum absolute atomic E-state index is 14.2. The van der Waals surface area contributed by atoms with Gasteiger partial charge in [-0.05, 0) is 50.4 Å². The molecule has 2 aromatic rings. The number of rotatable bonds is 3. The second-order valence-corrected chi connectivity index (χ2v) is 10.2. The van der Waals surface area contributed by atoms with Gasteiger partial charge in [0.25, 0.3) is 0 Å². The van der Waals surface area contributed by atoms with E-state index in [2.05, 4.69) is 5.32 Å². The van der Waals surface area contributed by atoms with Crippen LogP contribution in [0.15, 0.2) is 24.3 Å². The molecule has 0 bridgehead atoms. The standard InChI is InChI=1S/C25H23ClN4O6/c1-11-9-17(30(34)35)18(36-3)10-16(11)29-22(31)19-15-5-4-8-28(15)25(20(19)23(29)32)13-6-7-14(26)12(2)21(13)27-24(25)33/h6-7,9-10,15,19-20H,4-5,8H2,1-3H3,(H,27,33). The van der Waals surface area contributed by atoms with Gasteiger partial charge in [0.1, 0.15) is 5.54 Å². The fourth-order valence-corrected chi connectivity index (χ4v) is 6.99. The van der Waals surface area contributed by atoms with Gasteiger partial charge in [-0.15, -0.1) is 0 Å². The lowest BCUT2D eigenvalue weighted by atomic mass is 9.75. The Bertz CT molecular complexity index is 1410. The Balaban J connectivity index is 1.54. The number of hydrogen-bond acceptors (Lipinski definition) is 7. The molecule has 6 rings (SSSR count). The average Bonchev–Trinajstić information content (AvgIpc) is 3.55. The first kappa shape index (κ1) is 22.9. The lowest BCUT2D eigenvalue weighted by molar-refractivity contribution is -0.385. The number of imide groups is 1. The summed E-state index contributed by atoms with van der Waals surface area (Å²) in [6.07, 6.45) is 1.49. The maximum Gasteiger partial charge on any atom is 0.311 e. The smallest absolute Gasteiger partial charge is 0.311 e. The molecule has 1 N–H and O–H groups in total. The molecule has 4 aliphatic heterocycles. The molecule has 36 heavy (non-hydrogen) atoms. The van der Waals surface area contributed by atoms with Crippen LogP contribution in [-0.2, 0) is 19.9 Å². The van der Waals surface area contributed by atoms with E-state index >= 15 is 0 Å². The highest BCUT2D eigenvalue weighted by molar-refractivity contribution is 6.32. The summed E-state index contributed by atoms with van der Waals surface area (Å²) in [5, 5.41) is 14.9. The Morgan fingerprint density at radius 1 is 1.19 bits per heavy atom. The number of hydrogen-bond donors (Lipinski definition) is 1. The molecule has 0 aromatic heterocycles. The van der Waals surface area contributed by atoms with Gasteiger partial charge in [-0.3, -0.25) is 29.4 Å². The lowest BCUT2D eigenvalue weighted by Crippen LogP contribution is -2.54. The van der Waals surface area contributed by atoms with E-state index in [4.69, 9.17) is 16.3 Å². The van der Waals surface area contributed by atoms with Crippen molar-refractivity contribution in [2.45, 2.75) is 38.3 Å². The van der Waals surface area contributed by atoms with Crippen LogP contribution in [0.2, 0.25) is 5.02 Å². The van der Waals surface area contributed by atoms with Gasteiger partial charge in [-0.2, -0.15) is 0 Å². The molecule has 11 heteroatoms. The molecule has 10 nitrogen and oxygen atoms in total. The van der Waals surface area contributed by atoms with E-state index in [-0.39, 0.29) is 29.1 Å². The molecule has 186 valence electrons. The number of amides is 3. The Labute approximate surface area is 211 Å². The fraction of sp³-hybridized carbons (Fsp3) is 0.400. The molecular weight excluding hydrogens is 488 g/mol. The van der Waals surface area contributed by atoms with Gasteiger partial charge in [-0.25, -0.2) is 4.90 Å². The number of nitro groups is 1. The van der Waals surface area contributed by atoms with E-state index in [9.17, 15) is 24.5 Å². The average molecular weight is 511 g/mol. The molecular formula is C25H23ClN4O6. The SMILES string of the molecule is COc1cc(N2C(=O)C3C4CCCN4C4(C(=O)Nc5c4ccc(Cl)c5C)C3C2=O)c(C)cc1[N+](=O)[O-]. The lowest BCUT2D eigenvalue weighted by Gasteiger charge is -2.36. The number of benzene rings is 2. The van der Waals surface area contributed by atoms with Crippen LogP contribution in [-0.4, -0.2) is 47.2 Å². The van der Waals surface area contributed by atoms with Crippen molar-refractivity contribution in [3.63, 3.8) is 0 Å². The number of nitrogens with one attached hydrogen (secondary N) is 1. The first-order valence-corrected chi connectivity index (χ1v) is 12.1. The fourth-order valence-electron chi connectivity index (χ4n) is 6.84. The number of nitro benzene ring substituents is 1. The molecule has 0 radical (unpaired) electrons. The zero-order valence-corrected chi connectivity index (χ0v) is 20.6. The van der Waals surface area contributed by atoms with Gasteiger partial charge in [0.15, 0.2) is 5.75 Å². The Morgan fingerprint density at radius 2 is 1.94 bits per heavy atom. The zero-order chi connectivity index (χ0) is 25.7. The van der Waals surface area contributed by atoms with Gasteiger partial charge in [0.2, 0.25) is 17.7 Å². The summed E-state index contributed by atoms with van der Waals surface area (Å²) in [6.45, 7) is 4.02. The molecule has 3 fully saturated rings. The molecule has 0 saturated carbocycles. The molecule has 2 aromatic carbocycles. The number of carbonyl (C=O) groups excluding carboxylic acids is 3. The van der Waals surface area contributed by atoms with Crippen molar-refractivity contribution in [2.75, 3.05) is 23.9 Å². The van der Waals surface area contributed by atoms with E-state index in [1.807, 2.05) is 11.8 Å². The summed E-state index contributed by atoms with van der Waals surface area (Å²) in [7, 11) is 1.29. The van der Waals surface area contributed by atoms with E-state index in [1.165, 1.54) is 19.2 Å². The zero-order valence-electron chi connectivity index (χ0n) is 19.8. The summed E-state index contributed by atoms with van der Waals surface area (Å²) in [5.74, 6) is -2.92. The van der Waals surface area contributed by atoms with E-state index in [0.29, 0.717) is 40.4 Å². The molecule has 4 unspecified atom stereocenters. The number of aryl methyl sites for hydroxylation is 1. The molecule has 4 aliphatic rings. The number of anilines is 2. The summed E-state index contributed by atoms with van der Waals surface area (Å²) in [4.78, 5) is 56.0. The van der Waals surface area contributed by atoms with Crippen LogP contribution in [0.4, 0.5) is 17.1 Å². The van der Waals surface area contributed by atoms with E-state index in [0.717, 1.165) is 11.3 Å². The maximum atomic E-state index is 14.2. The highest BCUT2D eigenvalue weighted by atomic mass is 35.5. The van der Waals surface area contributed by atoms with Gasteiger partial charge in [0, 0.05) is 28.8 Å². The second-order valence-electron chi connectivity index (χ2n) is 9.80.